The fourth-order valence-electron chi connectivity index (χ4n) is 2.09. The van der Waals surface area contributed by atoms with Crippen LogP contribution in [0.3, 0.4) is 0 Å². The molecule has 0 saturated heterocycles. The fourth-order valence-corrected chi connectivity index (χ4v) is 2.61. The Balaban J connectivity index is 2.01. The Kier molecular flexibility index (Phi) is 3.60. The summed E-state index contributed by atoms with van der Waals surface area (Å²) in [5.41, 5.74) is 3.05. The zero-order chi connectivity index (χ0) is 13.9. The van der Waals surface area contributed by atoms with Crippen LogP contribution in [0.5, 0.6) is 5.75 Å². The van der Waals surface area contributed by atoms with Gasteiger partial charge in [-0.25, -0.2) is 9.50 Å². The van der Waals surface area contributed by atoms with E-state index in [-0.39, 0.29) is 0 Å². The van der Waals surface area contributed by atoms with Gasteiger partial charge in [0.2, 0.25) is 0 Å². The molecule has 0 amide bonds. The molecule has 0 spiro atoms. The molecule has 2 aromatic heterocycles. The predicted molar refractivity (Wildman–Crippen MR) is 81.4 cm³/mol. The molecule has 1 aromatic carbocycles. The van der Waals surface area contributed by atoms with Gasteiger partial charge < -0.3 is 4.74 Å². The van der Waals surface area contributed by atoms with Gasteiger partial charge in [0.05, 0.1) is 17.8 Å². The van der Waals surface area contributed by atoms with Crippen molar-refractivity contribution in [2.75, 3.05) is 12.9 Å². The summed E-state index contributed by atoms with van der Waals surface area (Å²) in [5, 5.41) is 5.57. The number of hydrogen-bond acceptors (Lipinski definition) is 4. The zero-order valence-corrected chi connectivity index (χ0v) is 12.2. The van der Waals surface area contributed by atoms with E-state index in [0.717, 1.165) is 27.5 Å². The highest BCUT2D eigenvalue weighted by Gasteiger charge is 2.08. The molecule has 0 radical (unpaired) electrons. The van der Waals surface area contributed by atoms with Gasteiger partial charge >= 0.3 is 0 Å². The molecule has 0 N–H and O–H groups in total. The van der Waals surface area contributed by atoms with Crippen LogP contribution in [0.4, 0.5) is 0 Å². The number of hydrogen-bond donors (Lipinski definition) is 0. The van der Waals surface area contributed by atoms with E-state index in [1.165, 1.54) is 0 Å². The average Bonchev–Trinajstić information content (AvgIpc) is 2.92. The molecule has 0 bridgehead atoms. The van der Waals surface area contributed by atoms with Gasteiger partial charge in [0.25, 0.3) is 0 Å². The first-order chi connectivity index (χ1) is 9.81. The summed E-state index contributed by atoms with van der Waals surface area (Å²) in [7, 11) is 0. The number of fused-ring (bicyclic) bond motifs is 1. The maximum Gasteiger partial charge on any atom is 0.122 e. The summed E-state index contributed by atoms with van der Waals surface area (Å²) in [5.74, 6) is 0.881. The van der Waals surface area contributed by atoms with Gasteiger partial charge in [-0.3, -0.25) is 0 Å². The largest absolute Gasteiger partial charge is 0.494 e. The minimum atomic E-state index is 0.677. The molecule has 3 rings (SSSR count). The first-order valence-corrected chi connectivity index (χ1v) is 7.66. The average molecular weight is 285 g/mol. The lowest BCUT2D eigenvalue weighted by Gasteiger charge is -2.02. The van der Waals surface area contributed by atoms with Gasteiger partial charge in [0.15, 0.2) is 0 Å². The quantitative estimate of drug-likeness (QED) is 0.688. The molecule has 0 fully saturated rings. The normalized spacial score (nSPS) is 10.9. The molecule has 0 aliphatic heterocycles. The highest BCUT2D eigenvalue weighted by molar-refractivity contribution is 7.98. The number of aromatic nitrogens is 3. The van der Waals surface area contributed by atoms with Crippen LogP contribution < -0.4 is 4.74 Å². The Morgan fingerprint density at radius 3 is 2.75 bits per heavy atom. The van der Waals surface area contributed by atoms with E-state index in [1.807, 2.05) is 48.2 Å². The maximum atomic E-state index is 5.45. The summed E-state index contributed by atoms with van der Waals surface area (Å²) in [6, 6.07) is 10.1. The SMILES string of the molecule is CCOc1ccc(-c2cc3c(SC)nccn3n2)cc1. The standard InChI is InChI=1S/C15H15N3OS/c1-3-19-12-6-4-11(5-7-12)13-10-14-15(20-2)16-8-9-18(14)17-13/h4-10H,3H2,1-2H3. The molecule has 0 aliphatic carbocycles. The number of thioether (sulfide) groups is 1. The molecule has 2 heterocycles. The lowest BCUT2D eigenvalue weighted by molar-refractivity contribution is 0.340. The lowest BCUT2D eigenvalue weighted by atomic mass is 10.1. The second kappa shape index (κ2) is 5.54. The van der Waals surface area contributed by atoms with Gasteiger partial charge in [-0.05, 0) is 43.5 Å². The van der Waals surface area contributed by atoms with Crippen LogP contribution in [0.25, 0.3) is 16.8 Å². The van der Waals surface area contributed by atoms with Crippen molar-refractivity contribution >= 4 is 17.3 Å². The topological polar surface area (TPSA) is 39.4 Å². The summed E-state index contributed by atoms with van der Waals surface area (Å²) < 4.78 is 7.32. The van der Waals surface area contributed by atoms with E-state index >= 15 is 0 Å². The van der Waals surface area contributed by atoms with Crippen LogP contribution in [0, 0.1) is 0 Å². The fraction of sp³-hybridized carbons (Fsp3) is 0.200. The van der Waals surface area contributed by atoms with Crippen molar-refractivity contribution in [3.8, 4) is 17.0 Å². The Hall–Kier alpha value is -2.01. The van der Waals surface area contributed by atoms with Crippen molar-refractivity contribution < 1.29 is 4.74 Å². The van der Waals surface area contributed by atoms with Crippen LogP contribution in [-0.4, -0.2) is 27.5 Å². The van der Waals surface area contributed by atoms with E-state index < -0.39 is 0 Å². The molecule has 0 saturated carbocycles. The van der Waals surface area contributed by atoms with Gasteiger partial charge in [-0.1, -0.05) is 0 Å². The minimum Gasteiger partial charge on any atom is -0.494 e. The molecular formula is C15H15N3OS. The third-order valence-corrected chi connectivity index (χ3v) is 3.71. The summed E-state index contributed by atoms with van der Waals surface area (Å²) in [6.07, 6.45) is 5.66. The Labute approximate surface area is 121 Å². The molecule has 5 heteroatoms. The van der Waals surface area contributed by atoms with E-state index in [0.29, 0.717) is 6.61 Å². The Morgan fingerprint density at radius 2 is 2.05 bits per heavy atom. The smallest absolute Gasteiger partial charge is 0.122 e. The van der Waals surface area contributed by atoms with E-state index in [9.17, 15) is 0 Å². The summed E-state index contributed by atoms with van der Waals surface area (Å²) >= 11 is 1.62. The number of rotatable bonds is 4. The molecule has 0 aliphatic rings. The zero-order valence-electron chi connectivity index (χ0n) is 11.4. The van der Waals surface area contributed by atoms with Crippen molar-refractivity contribution in [1.29, 1.82) is 0 Å². The van der Waals surface area contributed by atoms with Gasteiger partial charge in [0.1, 0.15) is 10.8 Å². The number of ether oxygens (including phenoxy) is 1. The first kappa shape index (κ1) is 13.0. The molecule has 20 heavy (non-hydrogen) atoms. The lowest BCUT2D eigenvalue weighted by Crippen LogP contribution is -1.91. The monoisotopic (exact) mass is 285 g/mol. The molecule has 0 atom stereocenters. The van der Waals surface area contributed by atoms with Crippen LogP contribution in [0.15, 0.2) is 47.8 Å². The van der Waals surface area contributed by atoms with Crippen molar-refractivity contribution in [1.82, 2.24) is 14.6 Å². The van der Waals surface area contributed by atoms with Gasteiger partial charge in [0, 0.05) is 18.0 Å². The second-order valence-electron chi connectivity index (χ2n) is 4.25. The van der Waals surface area contributed by atoms with Crippen LogP contribution in [0.2, 0.25) is 0 Å². The molecule has 0 unspecified atom stereocenters. The Morgan fingerprint density at radius 1 is 1.25 bits per heavy atom. The third kappa shape index (κ3) is 2.36. The van der Waals surface area contributed by atoms with Crippen LogP contribution in [0.1, 0.15) is 6.92 Å². The highest BCUT2D eigenvalue weighted by atomic mass is 32.2. The maximum absolute atomic E-state index is 5.45. The third-order valence-electron chi connectivity index (χ3n) is 3.01. The van der Waals surface area contributed by atoms with Crippen molar-refractivity contribution in [2.45, 2.75) is 11.9 Å². The van der Waals surface area contributed by atoms with Crippen molar-refractivity contribution in [2.24, 2.45) is 0 Å². The van der Waals surface area contributed by atoms with Crippen molar-refractivity contribution in [3.05, 3.63) is 42.7 Å². The second-order valence-corrected chi connectivity index (χ2v) is 5.05. The van der Waals surface area contributed by atoms with Crippen molar-refractivity contribution in [3.63, 3.8) is 0 Å². The van der Waals surface area contributed by atoms with Gasteiger partial charge in [-0.15, -0.1) is 11.8 Å². The Bertz CT molecular complexity index is 722. The van der Waals surface area contributed by atoms with E-state index in [4.69, 9.17) is 4.74 Å². The number of benzene rings is 1. The molecule has 3 aromatic rings. The summed E-state index contributed by atoms with van der Waals surface area (Å²) in [4.78, 5) is 4.35. The molecule has 4 nitrogen and oxygen atoms in total. The van der Waals surface area contributed by atoms with Gasteiger partial charge in [-0.2, -0.15) is 5.10 Å². The van der Waals surface area contributed by atoms with E-state index in [2.05, 4.69) is 16.1 Å². The minimum absolute atomic E-state index is 0.677. The van der Waals surface area contributed by atoms with Crippen LogP contribution in [-0.2, 0) is 0 Å². The summed E-state index contributed by atoms with van der Waals surface area (Å²) in [6.45, 7) is 2.66. The van der Waals surface area contributed by atoms with Crippen LogP contribution >= 0.6 is 11.8 Å². The molecule has 102 valence electrons. The van der Waals surface area contributed by atoms with E-state index in [1.54, 1.807) is 18.0 Å². The highest BCUT2D eigenvalue weighted by Crippen LogP contribution is 2.25. The molecular weight excluding hydrogens is 270 g/mol. The predicted octanol–water partition coefficient (Wildman–Crippen LogP) is 3.52. The first-order valence-electron chi connectivity index (χ1n) is 6.43. The number of nitrogens with zero attached hydrogens (tertiary/aromatic N) is 3.